The average molecular weight is 283 g/mol. The molecule has 1 N–H and O–H groups in total. The highest BCUT2D eigenvalue weighted by molar-refractivity contribution is 7.15. The van der Waals surface area contributed by atoms with Crippen LogP contribution in [0.2, 0.25) is 0 Å². The van der Waals surface area contributed by atoms with Crippen LogP contribution in [0.15, 0.2) is 0 Å². The molecule has 1 unspecified atom stereocenters. The number of rotatable bonds is 9. The summed E-state index contributed by atoms with van der Waals surface area (Å²) in [5.74, 6) is 0. The van der Waals surface area contributed by atoms with E-state index in [9.17, 15) is 0 Å². The van der Waals surface area contributed by atoms with Gasteiger partial charge in [-0.1, -0.05) is 26.7 Å². The number of thiazole rings is 1. The maximum Gasteiger partial charge on any atom is 0.185 e. The Hall–Kier alpha value is -0.610. The zero-order chi connectivity index (χ0) is 14.3. The van der Waals surface area contributed by atoms with Crippen LogP contribution in [0.25, 0.3) is 0 Å². The molecule has 0 saturated carbocycles. The Bertz CT molecular complexity index is 354. The molecule has 1 aromatic rings. The highest BCUT2D eigenvalue weighted by Crippen LogP contribution is 2.30. The molecule has 0 amide bonds. The lowest BCUT2D eigenvalue weighted by molar-refractivity contribution is 0.658. The molecular weight excluding hydrogens is 254 g/mol. The number of aromatic nitrogens is 1. The Labute approximate surface area is 122 Å². The number of nitrogens with zero attached hydrogens (tertiary/aromatic N) is 2. The lowest BCUT2D eigenvalue weighted by Gasteiger charge is -2.21. The highest BCUT2D eigenvalue weighted by atomic mass is 32.1. The molecule has 0 saturated heterocycles. The van der Waals surface area contributed by atoms with Gasteiger partial charge in [0.05, 0.1) is 5.69 Å². The summed E-state index contributed by atoms with van der Waals surface area (Å²) in [6.45, 7) is 11.1. The smallest absolute Gasteiger partial charge is 0.185 e. The zero-order valence-electron chi connectivity index (χ0n) is 13.1. The third-order valence-electron chi connectivity index (χ3n) is 3.48. The van der Waals surface area contributed by atoms with Gasteiger partial charge in [0.15, 0.2) is 5.13 Å². The van der Waals surface area contributed by atoms with Crippen LogP contribution in [0.1, 0.15) is 63.1 Å². The van der Waals surface area contributed by atoms with Gasteiger partial charge in [0.25, 0.3) is 0 Å². The van der Waals surface area contributed by atoms with Gasteiger partial charge in [0, 0.05) is 24.0 Å². The third-order valence-corrected chi connectivity index (χ3v) is 4.88. The number of nitrogens with one attached hydrogen (secondary N) is 1. The topological polar surface area (TPSA) is 28.2 Å². The van der Waals surface area contributed by atoms with Crippen LogP contribution >= 0.6 is 11.3 Å². The van der Waals surface area contributed by atoms with Gasteiger partial charge in [-0.05, 0) is 33.7 Å². The van der Waals surface area contributed by atoms with Gasteiger partial charge < -0.3 is 10.2 Å². The summed E-state index contributed by atoms with van der Waals surface area (Å²) in [6, 6.07) is 0.394. The van der Waals surface area contributed by atoms with E-state index in [0.29, 0.717) is 6.04 Å². The molecule has 0 aliphatic carbocycles. The Morgan fingerprint density at radius 3 is 2.26 bits per heavy atom. The van der Waals surface area contributed by atoms with E-state index >= 15 is 0 Å². The minimum atomic E-state index is 0.394. The van der Waals surface area contributed by atoms with Crippen molar-refractivity contribution in [3.05, 3.63) is 10.6 Å². The summed E-state index contributed by atoms with van der Waals surface area (Å²) in [5.41, 5.74) is 1.18. The fourth-order valence-corrected chi connectivity index (χ4v) is 3.24. The van der Waals surface area contributed by atoms with E-state index in [4.69, 9.17) is 4.98 Å². The molecule has 0 spiro atoms. The molecule has 4 heteroatoms. The van der Waals surface area contributed by atoms with E-state index in [1.165, 1.54) is 41.4 Å². The predicted octanol–water partition coefficient (Wildman–Crippen LogP) is 4.14. The van der Waals surface area contributed by atoms with Crippen molar-refractivity contribution >= 4 is 16.5 Å². The molecule has 0 bridgehead atoms. The lowest BCUT2D eigenvalue weighted by Crippen LogP contribution is -2.25. The second-order valence-electron chi connectivity index (χ2n) is 5.15. The minimum absolute atomic E-state index is 0.394. The zero-order valence-corrected chi connectivity index (χ0v) is 13.9. The van der Waals surface area contributed by atoms with Gasteiger partial charge in [0.2, 0.25) is 0 Å². The predicted molar refractivity (Wildman–Crippen MR) is 86.4 cm³/mol. The normalized spacial score (nSPS) is 12.7. The van der Waals surface area contributed by atoms with Crippen molar-refractivity contribution in [1.29, 1.82) is 0 Å². The van der Waals surface area contributed by atoms with Crippen molar-refractivity contribution in [2.24, 2.45) is 0 Å². The van der Waals surface area contributed by atoms with Gasteiger partial charge in [-0.3, -0.25) is 0 Å². The molecule has 0 radical (unpaired) electrons. The molecule has 1 atom stereocenters. The van der Waals surface area contributed by atoms with E-state index in [0.717, 1.165) is 13.1 Å². The molecule has 3 nitrogen and oxygen atoms in total. The maximum atomic E-state index is 4.79. The molecule has 1 heterocycles. The average Bonchev–Trinajstić information content (AvgIpc) is 2.80. The Morgan fingerprint density at radius 1 is 1.21 bits per heavy atom. The van der Waals surface area contributed by atoms with Gasteiger partial charge >= 0.3 is 0 Å². The first-order chi connectivity index (χ1) is 9.13. The van der Waals surface area contributed by atoms with E-state index in [-0.39, 0.29) is 0 Å². The van der Waals surface area contributed by atoms with Crippen LogP contribution < -0.4 is 10.2 Å². The number of aryl methyl sites for hydroxylation is 1. The summed E-state index contributed by atoms with van der Waals surface area (Å²) in [7, 11) is 2.01. The fraction of sp³-hybridized carbons (Fsp3) is 0.800. The summed E-state index contributed by atoms with van der Waals surface area (Å²) in [5, 5.41) is 4.52. The Balaban J connectivity index is 2.82. The van der Waals surface area contributed by atoms with Crippen molar-refractivity contribution in [3.63, 3.8) is 0 Å². The van der Waals surface area contributed by atoms with Crippen molar-refractivity contribution in [2.75, 3.05) is 25.0 Å². The van der Waals surface area contributed by atoms with Crippen LogP contribution in [-0.4, -0.2) is 25.1 Å². The molecule has 0 aliphatic heterocycles. The van der Waals surface area contributed by atoms with Crippen molar-refractivity contribution < 1.29 is 0 Å². The van der Waals surface area contributed by atoms with E-state index in [2.05, 4.69) is 37.9 Å². The second kappa shape index (κ2) is 8.54. The van der Waals surface area contributed by atoms with Crippen LogP contribution in [-0.2, 0) is 0 Å². The number of hydrogen-bond acceptors (Lipinski definition) is 4. The van der Waals surface area contributed by atoms with Crippen molar-refractivity contribution in [1.82, 2.24) is 10.3 Å². The summed E-state index contributed by atoms with van der Waals surface area (Å²) in [6.07, 6.45) is 4.98. The quantitative estimate of drug-likeness (QED) is 0.738. The molecule has 1 aromatic heterocycles. The number of unbranched alkanes of at least 4 members (excludes halogenated alkanes) is 2. The molecule has 0 aliphatic rings. The monoisotopic (exact) mass is 283 g/mol. The van der Waals surface area contributed by atoms with E-state index in [1.807, 2.05) is 18.4 Å². The molecule has 110 valence electrons. The van der Waals surface area contributed by atoms with Gasteiger partial charge in [0.1, 0.15) is 0 Å². The van der Waals surface area contributed by atoms with Gasteiger partial charge in [-0.15, -0.1) is 11.3 Å². The number of hydrogen-bond donors (Lipinski definition) is 1. The first-order valence-electron chi connectivity index (χ1n) is 7.53. The first kappa shape index (κ1) is 16.4. The van der Waals surface area contributed by atoms with Gasteiger partial charge in [-0.25, -0.2) is 4.98 Å². The fourth-order valence-electron chi connectivity index (χ4n) is 2.06. The van der Waals surface area contributed by atoms with Crippen molar-refractivity contribution in [2.45, 2.75) is 59.4 Å². The SMILES string of the molecule is CCCCN(CCCC)c1nc(C)c(C(C)NC)s1. The second-order valence-corrected chi connectivity index (χ2v) is 6.16. The van der Waals surface area contributed by atoms with E-state index < -0.39 is 0 Å². The highest BCUT2D eigenvalue weighted by Gasteiger charge is 2.16. The molecule has 0 fully saturated rings. The van der Waals surface area contributed by atoms with Crippen molar-refractivity contribution in [3.8, 4) is 0 Å². The molecule has 1 rings (SSSR count). The standard InChI is InChI=1S/C15H29N3S/c1-6-8-10-18(11-9-7-2)15-17-13(4)14(19-15)12(3)16-5/h12,16H,6-11H2,1-5H3. The minimum Gasteiger partial charge on any atom is -0.348 e. The summed E-state index contributed by atoms with van der Waals surface area (Å²) in [4.78, 5) is 8.63. The van der Waals surface area contributed by atoms with Gasteiger partial charge in [-0.2, -0.15) is 0 Å². The lowest BCUT2D eigenvalue weighted by atomic mass is 10.2. The van der Waals surface area contributed by atoms with Crippen LogP contribution in [0, 0.1) is 6.92 Å². The number of anilines is 1. The third kappa shape index (κ3) is 4.77. The molecule has 19 heavy (non-hydrogen) atoms. The van der Waals surface area contributed by atoms with E-state index in [1.54, 1.807) is 0 Å². The summed E-state index contributed by atoms with van der Waals surface area (Å²) < 4.78 is 0. The van der Waals surface area contributed by atoms with Crippen LogP contribution in [0.5, 0.6) is 0 Å². The maximum absolute atomic E-state index is 4.79. The Kier molecular flexibility index (Phi) is 7.39. The van der Waals surface area contributed by atoms with Crippen LogP contribution in [0.3, 0.4) is 0 Å². The molecular formula is C15H29N3S. The molecule has 0 aromatic carbocycles. The van der Waals surface area contributed by atoms with Crippen LogP contribution in [0.4, 0.5) is 5.13 Å². The first-order valence-corrected chi connectivity index (χ1v) is 8.35. The summed E-state index contributed by atoms with van der Waals surface area (Å²) >= 11 is 1.85. The largest absolute Gasteiger partial charge is 0.348 e. The Morgan fingerprint density at radius 2 is 1.79 bits per heavy atom.